The highest BCUT2D eigenvalue weighted by Crippen LogP contribution is 2.21. The second kappa shape index (κ2) is 7.85. The molecule has 0 radical (unpaired) electrons. The number of nitrogens with zero attached hydrogens (tertiary/aromatic N) is 5. The van der Waals surface area contributed by atoms with Gasteiger partial charge in [0.25, 0.3) is 5.91 Å². The third-order valence-corrected chi connectivity index (χ3v) is 4.81. The first-order valence-electron chi connectivity index (χ1n) is 7.62. The number of rotatable bonds is 4. The van der Waals surface area contributed by atoms with E-state index in [2.05, 4.69) is 20.2 Å². The quantitative estimate of drug-likeness (QED) is 0.653. The summed E-state index contributed by atoms with van der Waals surface area (Å²) in [5, 5.41) is 11.8. The molecule has 2 atom stereocenters. The first-order chi connectivity index (χ1) is 11.0. The molecule has 1 aromatic heterocycles. The number of aryl methyl sites for hydroxylation is 1. The maximum atomic E-state index is 12.5. The van der Waals surface area contributed by atoms with Crippen LogP contribution in [-0.2, 0) is 0 Å². The lowest BCUT2D eigenvalue weighted by molar-refractivity contribution is 0.0791. The van der Waals surface area contributed by atoms with Crippen LogP contribution >= 0.6 is 23.7 Å². The summed E-state index contributed by atoms with van der Waals surface area (Å²) in [6.07, 6.45) is 1.07. The molecule has 1 aromatic rings. The Morgan fingerprint density at radius 1 is 1.46 bits per heavy atom. The largest absolute Gasteiger partial charge is 0.387 e. The van der Waals surface area contributed by atoms with Crippen LogP contribution in [0.3, 0.4) is 0 Å². The SMILES string of the molecule is CC1=NC(CC(N)=NC2CCN(C(=O)c3cscc3C)C2)N=N1.Cl. The zero-order chi connectivity index (χ0) is 16.4. The van der Waals surface area contributed by atoms with Gasteiger partial charge in [0.1, 0.15) is 5.84 Å². The fourth-order valence-corrected chi connectivity index (χ4v) is 3.58. The van der Waals surface area contributed by atoms with Gasteiger partial charge in [-0.25, -0.2) is 4.99 Å². The summed E-state index contributed by atoms with van der Waals surface area (Å²) < 4.78 is 0. The molecule has 2 aliphatic rings. The molecule has 130 valence electrons. The lowest BCUT2D eigenvalue weighted by Gasteiger charge is -2.15. The number of carbonyl (C=O) groups is 1. The molecule has 24 heavy (non-hydrogen) atoms. The predicted molar refractivity (Wildman–Crippen MR) is 98.6 cm³/mol. The second-order valence-corrected chi connectivity index (χ2v) is 6.60. The van der Waals surface area contributed by atoms with Gasteiger partial charge in [-0.1, -0.05) is 0 Å². The van der Waals surface area contributed by atoms with E-state index in [9.17, 15) is 4.79 Å². The van der Waals surface area contributed by atoms with Gasteiger partial charge < -0.3 is 10.6 Å². The van der Waals surface area contributed by atoms with Crippen molar-refractivity contribution in [3.8, 4) is 0 Å². The molecule has 9 heteroatoms. The van der Waals surface area contributed by atoms with E-state index < -0.39 is 0 Å². The standard InChI is InChI=1S/C15H20N6OS.ClH/c1-9-7-23-8-12(9)15(22)21-4-3-11(6-21)18-13(16)5-14-17-10(2)19-20-14;/h7-8,11,14H,3-6H2,1-2H3,(H2,16,18);1H. The zero-order valence-electron chi connectivity index (χ0n) is 13.7. The van der Waals surface area contributed by atoms with Crippen molar-refractivity contribution in [1.29, 1.82) is 0 Å². The number of amides is 1. The predicted octanol–water partition coefficient (Wildman–Crippen LogP) is 2.65. The summed E-state index contributed by atoms with van der Waals surface area (Å²) in [5.74, 6) is 1.29. The molecule has 2 aliphatic heterocycles. The molecule has 1 saturated heterocycles. The molecule has 0 aromatic carbocycles. The second-order valence-electron chi connectivity index (χ2n) is 5.86. The van der Waals surface area contributed by atoms with Crippen LogP contribution in [0.25, 0.3) is 0 Å². The number of amidine groups is 2. The molecule has 3 rings (SSSR count). The molecule has 0 spiro atoms. The Morgan fingerprint density at radius 2 is 2.25 bits per heavy atom. The smallest absolute Gasteiger partial charge is 0.255 e. The lowest BCUT2D eigenvalue weighted by Crippen LogP contribution is -2.30. The van der Waals surface area contributed by atoms with Crippen LogP contribution in [0.4, 0.5) is 0 Å². The van der Waals surface area contributed by atoms with Crippen molar-refractivity contribution in [2.24, 2.45) is 25.9 Å². The molecule has 1 fully saturated rings. The maximum absolute atomic E-state index is 12.5. The van der Waals surface area contributed by atoms with E-state index in [1.165, 1.54) is 0 Å². The first kappa shape index (κ1) is 18.5. The molecule has 3 heterocycles. The van der Waals surface area contributed by atoms with E-state index in [4.69, 9.17) is 5.73 Å². The Hall–Kier alpha value is -1.80. The van der Waals surface area contributed by atoms with Gasteiger partial charge in [0.2, 0.25) is 0 Å². The van der Waals surface area contributed by atoms with Crippen molar-refractivity contribution < 1.29 is 4.79 Å². The van der Waals surface area contributed by atoms with Gasteiger partial charge in [0.05, 0.1) is 17.4 Å². The Balaban J connectivity index is 0.00000208. The van der Waals surface area contributed by atoms with Gasteiger partial charge in [-0.05, 0) is 31.2 Å². The number of thiophene rings is 1. The van der Waals surface area contributed by atoms with Crippen LogP contribution in [0.2, 0.25) is 0 Å². The highest BCUT2D eigenvalue weighted by molar-refractivity contribution is 7.08. The van der Waals surface area contributed by atoms with E-state index >= 15 is 0 Å². The number of aliphatic imine (C=N–C) groups is 2. The number of carbonyl (C=O) groups excluding carboxylic acids is 1. The Bertz CT molecular complexity index is 698. The number of halogens is 1. The van der Waals surface area contributed by atoms with Crippen molar-refractivity contribution in [1.82, 2.24) is 4.90 Å². The number of likely N-dealkylation sites (tertiary alicyclic amines) is 1. The maximum Gasteiger partial charge on any atom is 0.255 e. The lowest BCUT2D eigenvalue weighted by atomic mass is 10.2. The molecular weight excluding hydrogens is 348 g/mol. The average Bonchev–Trinajstić information content (AvgIpc) is 3.21. The molecule has 2 unspecified atom stereocenters. The summed E-state index contributed by atoms with van der Waals surface area (Å²) in [5.41, 5.74) is 7.83. The van der Waals surface area contributed by atoms with E-state index in [-0.39, 0.29) is 30.5 Å². The van der Waals surface area contributed by atoms with Crippen molar-refractivity contribution >= 4 is 41.3 Å². The molecule has 7 nitrogen and oxygen atoms in total. The van der Waals surface area contributed by atoms with Crippen molar-refractivity contribution in [2.45, 2.75) is 38.9 Å². The Labute approximate surface area is 151 Å². The van der Waals surface area contributed by atoms with Gasteiger partial charge in [-0.3, -0.25) is 9.79 Å². The van der Waals surface area contributed by atoms with Crippen molar-refractivity contribution in [2.75, 3.05) is 13.1 Å². The Kier molecular flexibility index (Phi) is 6.06. The zero-order valence-corrected chi connectivity index (χ0v) is 15.3. The topological polar surface area (TPSA) is 95.8 Å². The van der Waals surface area contributed by atoms with Crippen LogP contribution in [-0.4, -0.2) is 47.8 Å². The van der Waals surface area contributed by atoms with Gasteiger partial charge in [-0.15, -0.1) is 17.5 Å². The highest BCUT2D eigenvalue weighted by Gasteiger charge is 2.28. The van der Waals surface area contributed by atoms with Crippen molar-refractivity contribution in [3.05, 3.63) is 21.9 Å². The van der Waals surface area contributed by atoms with Crippen LogP contribution in [0, 0.1) is 6.92 Å². The number of nitrogens with two attached hydrogens (primary N) is 1. The molecule has 1 amide bonds. The van der Waals surface area contributed by atoms with Crippen LogP contribution < -0.4 is 5.73 Å². The molecular formula is C15H21ClN6OS. The summed E-state index contributed by atoms with van der Waals surface area (Å²) in [4.78, 5) is 23.1. The highest BCUT2D eigenvalue weighted by atomic mass is 35.5. The monoisotopic (exact) mass is 368 g/mol. The van der Waals surface area contributed by atoms with Gasteiger partial charge >= 0.3 is 0 Å². The van der Waals surface area contributed by atoms with Gasteiger partial charge in [0, 0.05) is 24.9 Å². The number of hydrogen-bond acceptors (Lipinski definition) is 6. The van der Waals surface area contributed by atoms with Gasteiger partial charge in [-0.2, -0.15) is 16.5 Å². The van der Waals surface area contributed by atoms with E-state index in [1.54, 1.807) is 11.3 Å². The minimum atomic E-state index is -0.244. The fraction of sp³-hybridized carbons (Fsp3) is 0.533. The Morgan fingerprint density at radius 3 is 2.88 bits per heavy atom. The van der Waals surface area contributed by atoms with Crippen molar-refractivity contribution in [3.63, 3.8) is 0 Å². The van der Waals surface area contributed by atoms with E-state index in [0.29, 0.717) is 24.6 Å². The summed E-state index contributed by atoms with van der Waals surface area (Å²) in [6.45, 7) is 5.11. The first-order valence-corrected chi connectivity index (χ1v) is 8.56. The minimum Gasteiger partial charge on any atom is -0.387 e. The third-order valence-electron chi connectivity index (χ3n) is 3.95. The van der Waals surface area contributed by atoms with Crippen LogP contribution in [0.1, 0.15) is 35.7 Å². The van der Waals surface area contributed by atoms with Gasteiger partial charge in [0.15, 0.2) is 6.17 Å². The summed E-state index contributed by atoms with van der Waals surface area (Å²) in [6, 6.07) is 0.0568. The van der Waals surface area contributed by atoms with Crippen LogP contribution in [0.15, 0.2) is 31.0 Å². The molecule has 0 aliphatic carbocycles. The minimum absolute atomic E-state index is 0. The summed E-state index contributed by atoms with van der Waals surface area (Å²) in [7, 11) is 0. The van der Waals surface area contributed by atoms with Crippen LogP contribution in [0.5, 0.6) is 0 Å². The molecule has 2 N–H and O–H groups in total. The summed E-state index contributed by atoms with van der Waals surface area (Å²) >= 11 is 1.56. The molecule has 0 bridgehead atoms. The fourth-order valence-electron chi connectivity index (χ4n) is 2.76. The number of azo groups is 1. The van der Waals surface area contributed by atoms with E-state index in [1.807, 2.05) is 29.5 Å². The number of hydrogen-bond donors (Lipinski definition) is 1. The van der Waals surface area contributed by atoms with E-state index in [0.717, 1.165) is 24.1 Å². The normalized spacial score (nSPS) is 23.3. The average molecular weight is 369 g/mol. The molecule has 0 saturated carbocycles. The third kappa shape index (κ3) is 4.18.